The summed E-state index contributed by atoms with van der Waals surface area (Å²) in [7, 11) is -1.82. The maximum atomic E-state index is 12.0. The van der Waals surface area contributed by atoms with Crippen molar-refractivity contribution in [3.05, 3.63) is 12.7 Å². The third-order valence-corrected chi connectivity index (χ3v) is 11.8. The number of ether oxygens (including phenoxy) is 1. The maximum absolute atomic E-state index is 12.0. The van der Waals surface area contributed by atoms with Gasteiger partial charge in [-0.1, -0.05) is 54.5 Å². The molecule has 1 rings (SSSR count). The summed E-state index contributed by atoms with van der Waals surface area (Å²) in [6.45, 7) is 20.7. The molecule has 3 nitrogen and oxygen atoms in total. The van der Waals surface area contributed by atoms with Crippen molar-refractivity contribution in [1.82, 2.24) is 0 Å². The minimum absolute atomic E-state index is 0.0207. The van der Waals surface area contributed by atoms with Crippen LogP contribution in [0.2, 0.25) is 16.6 Å². The van der Waals surface area contributed by atoms with E-state index in [4.69, 9.17) is 9.16 Å². The molecule has 0 aromatic rings. The first-order chi connectivity index (χ1) is 11.6. The third kappa shape index (κ3) is 6.04. The van der Waals surface area contributed by atoms with Crippen LogP contribution in [0.1, 0.15) is 74.1 Å². The van der Waals surface area contributed by atoms with Crippen LogP contribution in [-0.4, -0.2) is 32.9 Å². The molecule has 0 spiro atoms. The van der Waals surface area contributed by atoms with Crippen LogP contribution in [0.25, 0.3) is 0 Å². The van der Waals surface area contributed by atoms with Crippen LogP contribution < -0.4 is 0 Å². The Labute approximate surface area is 156 Å². The molecule has 1 saturated heterocycles. The van der Waals surface area contributed by atoms with E-state index < -0.39 is 8.32 Å². The zero-order valence-corrected chi connectivity index (χ0v) is 18.5. The molecule has 1 heterocycles. The number of hydrogen-bond donors (Lipinski definition) is 0. The smallest absolute Gasteiger partial charge is 0.200 e. The Kier molecular flexibility index (Phi) is 9.06. The Bertz CT molecular complexity index is 409. The predicted molar refractivity (Wildman–Crippen MR) is 108 cm³/mol. The summed E-state index contributed by atoms with van der Waals surface area (Å²) >= 11 is 0. The van der Waals surface area contributed by atoms with E-state index in [9.17, 15) is 4.79 Å². The number of rotatable bonds is 10. The van der Waals surface area contributed by atoms with Gasteiger partial charge in [-0.25, -0.2) is 0 Å². The van der Waals surface area contributed by atoms with Gasteiger partial charge in [-0.15, -0.1) is 6.58 Å². The Morgan fingerprint density at radius 2 is 1.60 bits per heavy atom. The van der Waals surface area contributed by atoms with Crippen molar-refractivity contribution in [2.24, 2.45) is 5.92 Å². The van der Waals surface area contributed by atoms with Crippen LogP contribution in [0.5, 0.6) is 0 Å². The van der Waals surface area contributed by atoms with Gasteiger partial charge >= 0.3 is 0 Å². The number of Topliss-reactive ketones (excluding diaryl/α,β-unsaturated/α-hetero) is 1. The molecule has 1 fully saturated rings. The van der Waals surface area contributed by atoms with Crippen LogP contribution in [-0.2, 0) is 14.0 Å². The lowest BCUT2D eigenvalue weighted by Crippen LogP contribution is -2.48. The van der Waals surface area contributed by atoms with E-state index in [0.29, 0.717) is 41.2 Å². The minimum atomic E-state index is -1.82. The van der Waals surface area contributed by atoms with Gasteiger partial charge in [-0.2, -0.15) is 0 Å². The third-order valence-electron chi connectivity index (χ3n) is 5.72. The van der Waals surface area contributed by atoms with Crippen molar-refractivity contribution < 1.29 is 14.0 Å². The fourth-order valence-corrected chi connectivity index (χ4v) is 10.3. The molecule has 0 bridgehead atoms. The molecule has 0 aromatic heterocycles. The van der Waals surface area contributed by atoms with Gasteiger partial charge in [0.1, 0.15) is 5.78 Å². The molecule has 0 aromatic carbocycles. The fraction of sp³-hybridized carbons (Fsp3) is 0.857. The molecule has 0 amide bonds. The predicted octanol–water partition coefficient (Wildman–Crippen LogP) is 5.90. The van der Waals surface area contributed by atoms with Crippen LogP contribution in [0.3, 0.4) is 0 Å². The molecule has 0 radical (unpaired) electrons. The normalized spacial score (nSPS) is 23.5. The summed E-state index contributed by atoms with van der Waals surface area (Å²) in [5.74, 6) is 0.731. The maximum Gasteiger partial charge on any atom is 0.200 e. The summed E-state index contributed by atoms with van der Waals surface area (Å²) in [4.78, 5) is 12.0. The van der Waals surface area contributed by atoms with E-state index in [0.717, 1.165) is 19.4 Å². The van der Waals surface area contributed by atoms with Crippen LogP contribution in [0, 0.1) is 5.92 Å². The Morgan fingerprint density at radius 3 is 2.08 bits per heavy atom. The van der Waals surface area contributed by atoms with E-state index in [1.807, 2.05) is 6.08 Å². The van der Waals surface area contributed by atoms with Gasteiger partial charge in [0, 0.05) is 19.4 Å². The molecule has 25 heavy (non-hydrogen) atoms. The van der Waals surface area contributed by atoms with Gasteiger partial charge in [-0.3, -0.25) is 4.79 Å². The Hall–Kier alpha value is -0.453. The molecule has 0 unspecified atom stereocenters. The van der Waals surface area contributed by atoms with E-state index in [1.54, 1.807) is 0 Å². The highest BCUT2D eigenvalue weighted by atomic mass is 28.4. The van der Waals surface area contributed by atoms with Crippen molar-refractivity contribution in [3.8, 4) is 0 Å². The summed E-state index contributed by atoms with van der Waals surface area (Å²) < 4.78 is 12.8. The average molecular weight is 369 g/mol. The quantitative estimate of drug-likeness (QED) is 0.356. The SMILES string of the molecule is C=CC[C@H]1CC(=O)C[C@@H](C[C@@H](C)CO[Si](C(C)C)(C(C)C)C(C)C)O1. The highest BCUT2D eigenvalue weighted by Gasteiger charge is 2.45. The van der Waals surface area contributed by atoms with E-state index >= 15 is 0 Å². The molecule has 4 heteroatoms. The molecular formula is C21H40O3Si. The van der Waals surface area contributed by atoms with Crippen molar-refractivity contribution in [1.29, 1.82) is 0 Å². The van der Waals surface area contributed by atoms with E-state index in [1.165, 1.54) is 0 Å². The molecule has 0 saturated carbocycles. The lowest BCUT2D eigenvalue weighted by atomic mass is 9.95. The van der Waals surface area contributed by atoms with Gasteiger partial charge in [0.2, 0.25) is 0 Å². The summed E-state index contributed by atoms with van der Waals surface area (Å²) in [6, 6.07) is 0. The van der Waals surface area contributed by atoms with Crippen molar-refractivity contribution in [3.63, 3.8) is 0 Å². The lowest BCUT2D eigenvalue weighted by molar-refractivity contribution is -0.136. The number of hydrogen-bond acceptors (Lipinski definition) is 3. The molecule has 1 aliphatic heterocycles. The average Bonchev–Trinajstić information content (AvgIpc) is 2.46. The zero-order chi connectivity index (χ0) is 19.2. The van der Waals surface area contributed by atoms with Gasteiger partial charge in [-0.05, 0) is 35.4 Å². The molecule has 0 aliphatic carbocycles. The van der Waals surface area contributed by atoms with Gasteiger partial charge < -0.3 is 9.16 Å². The Morgan fingerprint density at radius 1 is 1.08 bits per heavy atom. The monoisotopic (exact) mass is 368 g/mol. The summed E-state index contributed by atoms with van der Waals surface area (Å²) in [5, 5.41) is 0. The van der Waals surface area contributed by atoms with E-state index in [2.05, 4.69) is 55.0 Å². The fourth-order valence-electron chi connectivity index (χ4n) is 4.73. The van der Waals surface area contributed by atoms with Crippen molar-refractivity contribution in [2.75, 3.05) is 6.61 Å². The summed E-state index contributed by atoms with van der Waals surface area (Å²) in [6.07, 6.45) is 4.66. The first-order valence-corrected chi connectivity index (χ1v) is 12.2. The molecule has 3 atom stereocenters. The summed E-state index contributed by atoms with van der Waals surface area (Å²) in [5.41, 5.74) is 1.80. The minimum Gasteiger partial charge on any atom is -0.416 e. The topological polar surface area (TPSA) is 35.5 Å². The first kappa shape index (κ1) is 22.6. The zero-order valence-electron chi connectivity index (χ0n) is 17.5. The molecular weight excluding hydrogens is 328 g/mol. The number of carbonyl (C=O) groups is 1. The second-order valence-electron chi connectivity index (χ2n) is 8.82. The van der Waals surface area contributed by atoms with Crippen LogP contribution in [0.15, 0.2) is 12.7 Å². The van der Waals surface area contributed by atoms with Crippen molar-refractivity contribution in [2.45, 2.75) is 103 Å². The molecule has 0 N–H and O–H groups in total. The van der Waals surface area contributed by atoms with Gasteiger partial charge in [0.15, 0.2) is 8.32 Å². The van der Waals surface area contributed by atoms with E-state index in [-0.39, 0.29) is 12.2 Å². The number of ketones is 1. The Balaban J connectivity index is 2.64. The highest BCUT2D eigenvalue weighted by molar-refractivity contribution is 6.77. The van der Waals surface area contributed by atoms with Crippen LogP contribution in [0.4, 0.5) is 0 Å². The van der Waals surface area contributed by atoms with Crippen molar-refractivity contribution >= 4 is 14.1 Å². The highest BCUT2D eigenvalue weighted by Crippen LogP contribution is 2.42. The van der Waals surface area contributed by atoms with Gasteiger partial charge in [0.05, 0.1) is 12.2 Å². The second kappa shape index (κ2) is 10.0. The standard InChI is InChI=1S/C21H40O3Si/c1-9-10-20-12-19(22)13-21(24-20)11-18(8)14-23-25(15(2)3,16(4)5)17(6)7/h9,15-18,20-21H,1,10-14H2,2-8H3/t18-,20+,21-/m1/s1. The molecule has 1 aliphatic rings. The largest absolute Gasteiger partial charge is 0.416 e. The number of carbonyl (C=O) groups excluding carboxylic acids is 1. The first-order valence-electron chi connectivity index (χ1n) is 10.0. The van der Waals surface area contributed by atoms with Gasteiger partial charge in [0.25, 0.3) is 0 Å². The van der Waals surface area contributed by atoms with Crippen LogP contribution >= 0.6 is 0 Å². The molecule has 146 valence electrons. The second-order valence-corrected chi connectivity index (χ2v) is 14.3. The lowest BCUT2D eigenvalue weighted by Gasteiger charge is -2.43.